The van der Waals surface area contributed by atoms with Gasteiger partial charge in [-0.15, -0.1) is 0 Å². The lowest BCUT2D eigenvalue weighted by Crippen LogP contribution is -2.44. The summed E-state index contributed by atoms with van der Waals surface area (Å²) in [6, 6.07) is 13.6. The number of carbonyl (C=O) groups is 1. The normalized spacial score (nSPS) is 14.6. The first-order valence-corrected chi connectivity index (χ1v) is 10.9. The first-order valence-electron chi connectivity index (χ1n) is 10.2. The maximum atomic E-state index is 13.0. The molecule has 2 aromatic carbocycles. The van der Waals surface area contributed by atoms with Crippen LogP contribution in [0.4, 0.5) is 11.4 Å². The predicted molar refractivity (Wildman–Crippen MR) is 127 cm³/mol. The number of aromatic amines is 1. The number of anilines is 2. The summed E-state index contributed by atoms with van der Waals surface area (Å²) in [6.07, 6.45) is 0. The summed E-state index contributed by atoms with van der Waals surface area (Å²) >= 11 is 11.6. The Kier molecular flexibility index (Phi) is 6.41. The number of halogens is 1. The van der Waals surface area contributed by atoms with Crippen molar-refractivity contribution in [3.8, 4) is 11.4 Å². The third kappa shape index (κ3) is 4.98. The molecule has 1 aliphatic rings. The van der Waals surface area contributed by atoms with Crippen molar-refractivity contribution in [3.05, 3.63) is 57.8 Å². The number of hydrogen-bond donors (Lipinski definition) is 2. The fraction of sp³-hybridized carbons (Fsp3) is 0.318. The molecule has 1 aromatic heterocycles. The van der Waals surface area contributed by atoms with Crippen molar-refractivity contribution in [2.45, 2.75) is 13.5 Å². The van der Waals surface area contributed by atoms with Crippen LogP contribution in [-0.2, 0) is 11.3 Å². The third-order valence-corrected chi connectivity index (χ3v) is 5.99. The van der Waals surface area contributed by atoms with Crippen molar-refractivity contribution in [2.24, 2.45) is 0 Å². The van der Waals surface area contributed by atoms with Gasteiger partial charge in [-0.1, -0.05) is 41.4 Å². The van der Waals surface area contributed by atoms with E-state index < -0.39 is 0 Å². The van der Waals surface area contributed by atoms with E-state index in [9.17, 15) is 4.79 Å². The Bertz CT molecular complexity index is 1130. The minimum atomic E-state index is -0.191. The van der Waals surface area contributed by atoms with Crippen molar-refractivity contribution in [1.29, 1.82) is 0 Å². The molecule has 2 N–H and O–H groups in total. The van der Waals surface area contributed by atoms with Crippen molar-refractivity contribution in [2.75, 3.05) is 43.4 Å². The Labute approximate surface area is 191 Å². The van der Waals surface area contributed by atoms with Gasteiger partial charge in [0.25, 0.3) is 0 Å². The highest BCUT2D eigenvalue weighted by atomic mass is 35.5. The summed E-state index contributed by atoms with van der Waals surface area (Å²) in [5.74, 6) is 0.439. The molecule has 1 saturated heterocycles. The van der Waals surface area contributed by atoms with Gasteiger partial charge in [-0.2, -0.15) is 5.10 Å². The first-order chi connectivity index (χ1) is 14.9. The summed E-state index contributed by atoms with van der Waals surface area (Å²) in [7, 11) is 2.11. The highest BCUT2D eigenvalue weighted by molar-refractivity contribution is 7.71. The van der Waals surface area contributed by atoms with Gasteiger partial charge in [-0.25, -0.2) is 0 Å². The van der Waals surface area contributed by atoms with E-state index >= 15 is 0 Å². The number of likely N-dealkylation sites (N-methyl/N-ethyl adjacent to an activating group) is 1. The number of nitrogens with one attached hydrogen (secondary N) is 2. The van der Waals surface area contributed by atoms with E-state index in [0.29, 0.717) is 21.3 Å². The van der Waals surface area contributed by atoms with Crippen LogP contribution < -0.4 is 10.2 Å². The van der Waals surface area contributed by atoms with Crippen LogP contribution in [0.3, 0.4) is 0 Å². The number of hydrogen-bond acceptors (Lipinski definition) is 5. The van der Waals surface area contributed by atoms with Gasteiger partial charge in [-0.05, 0) is 44.4 Å². The van der Waals surface area contributed by atoms with E-state index in [4.69, 9.17) is 23.8 Å². The van der Waals surface area contributed by atoms with E-state index in [1.807, 2.05) is 43.3 Å². The van der Waals surface area contributed by atoms with Crippen molar-refractivity contribution < 1.29 is 4.79 Å². The molecule has 4 rings (SSSR count). The van der Waals surface area contributed by atoms with Gasteiger partial charge in [0.05, 0.1) is 11.4 Å². The fourth-order valence-electron chi connectivity index (χ4n) is 3.65. The van der Waals surface area contributed by atoms with Crippen LogP contribution in [0.2, 0.25) is 5.02 Å². The molecular weight excluding hydrogens is 432 g/mol. The predicted octanol–water partition coefficient (Wildman–Crippen LogP) is 3.96. The fourth-order valence-corrected chi connectivity index (χ4v) is 4.02. The van der Waals surface area contributed by atoms with E-state index in [1.54, 1.807) is 10.6 Å². The maximum Gasteiger partial charge on any atom is 0.244 e. The van der Waals surface area contributed by atoms with E-state index in [0.717, 1.165) is 43.0 Å². The maximum absolute atomic E-state index is 13.0. The molecule has 0 bridgehead atoms. The molecule has 3 aromatic rings. The summed E-state index contributed by atoms with van der Waals surface area (Å²) in [6.45, 7) is 5.81. The molecule has 1 amide bonds. The van der Waals surface area contributed by atoms with Crippen molar-refractivity contribution in [3.63, 3.8) is 0 Å². The number of aryl methyl sites for hydroxylation is 1. The second-order valence-electron chi connectivity index (χ2n) is 7.80. The van der Waals surface area contributed by atoms with Gasteiger partial charge in [0.15, 0.2) is 10.6 Å². The number of piperazine rings is 1. The molecule has 162 valence electrons. The molecule has 1 fully saturated rings. The SMILES string of the molecule is Cc1ccc(-c2n[nH]c(=S)n2CC(=O)Nc2cc(Cl)ccc2N2CCN(C)CC2)cc1. The number of amides is 1. The topological polar surface area (TPSA) is 69.2 Å². The lowest BCUT2D eigenvalue weighted by Gasteiger charge is -2.35. The average Bonchev–Trinajstić information content (AvgIpc) is 3.10. The summed E-state index contributed by atoms with van der Waals surface area (Å²) in [5, 5.41) is 10.7. The monoisotopic (exact) mass is 456 g/mol. The Morgan fingerprint density at radius 2 is 1.87 bits per heavy atom. The molecule has 1 aliphatic heterocycles. The van der Waals surface area contributed by atoms with E-state index in [2.05, 4.69) is 32.4 Å². The molecule has 2 heterocycles. The van der Waals surface area contributed by atoms with Gasteiger partial charge >= 0.3 is 0 Å². The minimum absolute atomic E-state index is 0.0488. The molecule has 31 heavy (non-hydrogen) atoms. The molecule has 0 radical (unpaired) electrons. The first kappa shape index (κ1) is 21.5. The number of carbonyl (C=O) groups excluding carboxylic acids is 1. The lowest BCUT2D eigenvalue weighted by atomic mass is 10.1. The van der Waals surface area contributed by atoms with Gasteiger partial charge in [0.2, 0.25) is 5.91 Å². The average molecular weight is 457 g/mol. The Morgan fingerprint density at radius 1 is 1.16 bits per heavy atom. The van der Waals surface area contributed by atoms with Gasteiger partial charge in [0.1, 0.15) is 6.54 Å². The van der Waals surface area contributed by atoms with E-state index in [-0.39, 0.29) is 12.5 Å². The highest BCUT2D eigenvalue weighted by Crippen LogP contribution is 2.30. The third-order valence-electron chi connectivity index (χ3n) is 5.45. The van der Waals surface area contributed by atoms with E-state index in [1.165, 1.54) is 0 Å². The standard InChI is InChI=1S/C22H25ClN6OS/c1-15-3-5-16(6-4-15)21-25-26-22(31)29(21)14-20(30)24-18-13-17(23)7-8-19(18)28-11-9-27(2)10-12-28/h3-8,13H,9-12,14H2,1-2H3,(H,24,30)(H,26,31). The number of H-pyrrole nitrogens is 1. The number of rotatable bonds is 5. The molecule has 0 atom stereocenters. The second-order valence-corrected chi connectivity index (χ2v) is 8.63. The van der Waals surface area contributed by atoms with Crippen LogP contribution in [0.1, 0.15) is 5.56 Å². The number of aromatic nitrogens is 3. The summed E-state index contributed by atoms with van der Waals surface area (Å²) < 4.78 is 2.10. The smallest absolute Gasteiger partial charge is 0.244 e. The summed E-state index contributed by atoms with van der Waals surface area (Å²) in [4.78, 5) is 17.5. The van der Waals surface area contributed by atoms with Crippen molar-refractivity contribution in [1.82, 2.24) is 19.7 Å². The zero-order chi connectivity index (χ0) is 22.0. The Hall–Kier alpha value is -2.68. The number of nitrogens with zero attached hydrogens (tertiary/aromatic N) is 4. The molecule has 7 nitrogen and oxygen atoms in total. The van der Waals surface area contributed by atoms with Crippen molar-refractivity contribution >= 4 is 41.1 Å². The molecule has 9 heteroatoms. The Balaban J connectivity index is 1.55. The molecule has 0 spiro atoms. The zero-order valence-electron chi connectivity index (χ0n) is 17.6. The van der Waals surface area contributed by atoms with Gasteiger partial charge in [-0.3, -0.25) is 14.5 Å². The highest BCUT2D eigenvalue weighted by Gasteiger charge is 2.19. The van der Waals surface area contributed by atoms with Crippen LogP contribution in [0.15, 0.2) is 42.5 Å². The molecule has 0 unspecified atom stereocenters. The zero-order valence-corrected chi connectivity index (χ0v) is 19.1. The van der Waals surface area contributed by atoms with Gasteiger partial charge < -0.3 is 15.1 Å². The Morgan fingerprint density at radius 3 is 2.58 bits per heavy atom. The molecular formula is C22H25ClN6OS. The minimum Gasteiger partial charge on any atom is -0.367 e. The number of benzene rings is 2. The van der Waals surface area contributed by atoms with Crippen LogP contribution in [0, 0.1) is 11.7 Å². The second kappa shape index (κ2) is 9.21. The van der Waals surface area contributed by atoms with Crippen LogP contribution in [0.5, 0.6) is 0 Å². The van der Waals surface area contributed by atoms with Gasteiger partial charge in [0, 0.05) is 36.8 Å². The largest absolute Gasteiger partial charge is 0.367 e. The van der Waals surface area contributed by atoms with Crippen LogP contribution in [-0.4, -0.2) is 58.8 Å². The molecule has 0 aliphatic carbocycles. The summed E-state index contributed by atoms with van der Waals surface area (Å²) in [5.41, 5.74) is 3.72. The molecule has 0 saturated carbocycles. The van der Waals surface area contributed by atoms with Crippen LogP contribution in [0.25, 0.3) is 11.4 Å². The quantitative estimate of drug-likeness (QED) is 0.569. The van der Waals surface area contributed by atoms with Crippen LogP contribution >= 0.6 is 23.8 Å². The lowest BCUT2D eigenvalue weighted by molar-refractivity contribution is -0.116.